The molecule has 0 atom stereocenters. The number of hydrogen-bond donors (Lipinski definition) is 0. The van der Waals surface area contributed by atoms with Crippen LogP contribution >= 0.6 is 11.6 Å². The van der Waals surface area contributed by atoms with Crippen LogP contribution in [0.25, 0.3) is 0 Å². The van der Waals surface area contributed by atoms with Gasteiger partial charge in [-0.25, -0.2) is 8.42 Å². The summed E-state index contributed by atoms with van der Waals surface area (Å²) in [4.78, 5) is 2.60. The lowest BCUT2D eigenvalue weighted by molar-refractivity contribution is 0.384. The molecule has 1 heterocycles. The fraction of sp³-hybridized carbons (Fsp3) is 0.333. The third-order valence-electron chi connectivity index (χ3n) is 4.53. The molecule has 3 rings (SSSR count). The van der Waals surface area contributed by atoms with E-state index < -0.39 is 10.0 Å². The van der Waals surface area contributed by atoms with Crippen molar-refractivity contribution in [3.8, 4) is 0 Å². The lowest BCUT2D eigenvalue weighted by atomic mass is 10.1. The van der Waals surface area contributed by atoms with Crippen molar-refractivity contribution in [3.05, 3.63) is 58.6 Å². The van der Waals surface area contributed by atoms with Crippen LogP contribution in [0, 0.1) is 13.8 Å². The minimum Gasteiger partial charge on any atom is -0.369 e. The predicted molar refractivity (Wildman–Crippen MR) is 98.3 cm³/mol. The van der Waals surface area contributed by atoms with Crippen LogP contribution in [0.5, 0.6) is 0 Å². The molecule has 128 valence electrons. The zero-order valence-corrected chi connectivity index (χ0v) is 15.4. The molecule has 4 nitrogen and oxygen atoms in total. The van der Waals surface area contributed by atoms with Crippen LogP contribution in [0.2, 0.25) is 5.02 Å². The highest BCUT2D eigenvalue weighted by Gasteiger charge is 2.29. The topological polar surface area (TPSA) is 40.6 Å². The molecule has 2 aromatic carbocycles. The van der Waals surface area contributed by atoms with Crippen molar-refractivity contribution in [1.82, 2.24) is 4.31 Å². The van der Waals surface area contributed by atoms with E-state index in [1.807, 2.05) is 44.2 Å². The van der Waals surface area contributed by atoms with Crippen LogP contribution in [-0.2, 0) is 10.0 Å². The van der Waals surface area contributed by atoms with Gasteiger partial charge in [-0.05, 0) is 43.2 Å². The summed E-state index contributed by atoms with van der Waals surface area (Å²) in [7, 11) is -3.44. The summed E-state index contributed by atoms with van der Waals surface area (Å²) in [6, 6.07) is 13.0. The fourth-order valence-electron chi connectivity index (χ4n) is 3.09. The van der Waals surface area contributed by atoms with E-state index in [0.717, 1.165) is 21.8 Å². The van der Waals surface area contributed by atoms with Crippen molar-refractivity contribution in [3.63, 3.8) is 0 Å². The highest BCUT2D eigenvalue weighted by molar-refractivity contribution is 7.89. The lowest BCUT2D eigenvalue weighted by Crippen LogP contribution is -2.49. The second-order valence-corrected chi connectivity index (χ2v) is 8.35. The molecule has 2 aromatic rings. The number of anilines is 1. The molecule has 0 aliphatic carbocycles. The molecule has 0 radical (unpaired) electrons. The Morgan fingerprint density at radius 3 is 2.25 bits per heavy atom. The smallest absolute Gasteiger partial charge is 0.243 e. The van der Waals surface area contributed by atoms with Gasteiger partial charge in [-0.3, -0.25) is 0 Å². The van der Waals surface area contributed by atoms with Crippen LogP contribution in [-0.4, -0.2) is 38.9 Å². The van der Waals surface area contributed by atoms with Crippen molar-refractivity contribution >= 4 is 27.3 Å². The molecule has 6 heteroatoms. The summed E-state index contributed by atoms with van der Waals surface area (Å²) in [5.41, 5.74) is 2.90. The fourth-order valence-corrected chi connectivity index (χ4v) is 4.91. The molecule has 1 aliphatic rings. The average Bonchev–Trinajstić information content (AvgIpc) is 2.58. The Hall–Kier alpha value is -1.56. The number of rotatable bonds is 3. The summed E-state index contributed by atoms with van der Waals surface area (Å²) < 4.78 is 27.3. The summed E-state index contributed by atoms with van der Waals surface area (Å²) in [6.07, 6.45) is 0. The monoisotopic (exact) mass is 364 g/mol. The molecule has 0 N–H and O–H groups in total. The van der Waals surface area contributed by atoms with Crippen LogP contribution in [0.1, 0.15) is 11.1 Å². The van der Waals surface area contributed by atoms with Crippen LogP contribution < -0.4 is 4.90 Å². The molecule has 0 saturated carbocycles. The van der Waals surface area contributed by atoms with E-state index in [1.54, 1.807) is 16.4 Å². The molecule has 0 amide bonds. The minimum atomic E-state index is -3.44. The van der Waals surface area contributed by atoms with Gasteiger partial charge in [0.2, 0.25) is 10.0 Å². The Bertz CT molecular complexity index is 844. The van der Waals surface area contributed by atoms with E-state index in [0.29, 0.717) is 31.1 Å². The summed E-state index contributed by atoms with van der Waals surface area (Å²) in [5.74, 6) is 0. The quantitative estimate of drug-likeness (QED) is 0.837. The van der Waals surface area contributed by atoms with Gasteiger partial charge in [0.1, 0.15) is 0 Å². The number of sulfonamides is 1. The number of benzene rings is 2. The predicted octanol–water partition coefficient (Wildman–Crippen LogP) is 3.47. The van der Waals surface area contributed by atoms with Gasteiger partial charge in [0.05, 0.1) is 4.90 Å². The number of aryl methyl sites for hydroxylation is 1. The normalized spacial score (nSPS) is 16.4. The van der Waals surface area contributed by atoms with E-state index in [4.69, 9.17) is 11.6 Å². The Kier molecular flexibility index (Phi) is 4.85. The van der Waals surface area contributed by atoms with E-state index in [-0.39, 0.29) is 0 Å². The first kappa shape index (κ1) is 17.3. The zero-order valence-electron chi connectivity index (χ0n) is 13.9. The first-order valence-electron chi connectivity index (χ1n) is 7.97. The molecule has 1 aliphatic heterocycles. The molecule has 0 spiro atoms. The first-order valence-corrected chi connectivity index (χ1v) is 9.79. The summed E-state index contributed by atoms with van der Waals surface area (Å²) >= 11 is 6.20. The maximum Gasteiger partial charge on any atom is 0.243 e. The Labute approximate surface area is 148 Å². The van der Waals surface area contributed by atoms with Crippen molar-refractivity contribution < 1.29 is 8.42 Å². The molecular weight excluding hydrogens is 344 g/mol. The number of piperazine rings is 1. The van der Waals surface area contributed by atoms with E-state index in [2.05, 4.69) is 4.90 Å². The largest absolute Gasteiger partial charge is 0.369 e. The van der Waals surface area contributed by atoms with Crippen molar-refractivity contribution in [2.45, 2.75) is 18.7 Å². The summed E-state index contributed by atoms with van der Waals surface area (Å²) in [5, 5.41) is 0.738. The van der Waals surface area contributed by atoms with Gasteiger partial charge >= 0.3 is 0 Å². The second kappa shape index (κ2) is 6.75. The van der Waals surface area contributed by atoms with Gasteiger partial charge in [0.25, 0.3) is 0 Å². The standard InChI is InChI=1S/C18H21ClN2O2S/c1-14-6-3-4-9-18(14)24(22,23)21-12-10-20(11-13-21)17-8-5-7-16(19)15(17)2/h3-9H,10-13H2,1-2H3. The van der Waals surface area contributed by atoms with Crippen molar-refractivity contribution in [2.24, 2.45) is 0 Å². The van der Waals surface area contributed by atoms with Gasteiger partial charge in [0.15, 0.2) is 0 Å². The number of hydrogen-bond acceptors (Lipinski definition) is 3. The van der Waals surface area contributed by atoms with Gasteiger partial charge < -0.3 is 4.90 Å². The zero-order chi connectivity index (χ0) is 17.3. The van der Waals surface area contributed by atoms with E-state index in [1.165, 1.54) is 0 Å². The van der Waals surface area contributed by atoms with E-state index >= 15 is 0 Å². The molecule has 0 bridgehead atoms. The molecule has 24 heavy (non-hydrogen) atoms. The molecule has 0 unspecified atom stereocenters. The Balaban J connectivity index is 1.78. The maximum atomic E-state index is 12.9. The van der Waals surface area contributed by atoms with Gasteiger partial charge in [-0.15, -0.1) is 0 Å². The molecule has 1 saturated heterocycles. The second-order valence-electron chi connectivity index (χ2n) is 6.04. The third-order valence-corrected chi connectivity index (χ3v) is 7.00. The van der Waals surface area contributed by atoms with Crippen LogP contribution in [0.4, 0.5) is 5.69 Å². The number of nitrogens with zero attached hydrogens (tertiary/aromatic N) is 2. The molecule has 1 fully saturated rings. The Morgan fingerprint density at radius 2 is 1.58 bits per heavy atom. The minimum absolute atomic E-state index is 0.400. The van der Waals surface area contributed by atoms with Crippen molar-refractivity contribution in [1.29, 1.82) is 0 Å². The highest BCUT2D eigenvalue weighted by atomic mass is 35.5. The van der Waals surface area contributed by atoms with E-state index in [9.17, 15) is 8.42 Å². The Morgan fingerprint density at radius 1 is 0.917 bits per heavy atom. The lowest BCUT2D eigenvalue weighted by Gasteiger charge is -2.36. The maximum absolute atomic E-state index is 12.9. The van der Waals surface area contributed by atoms with Crippen molar-refractivity contribution in [2.75, 3.05) is 31.1 Å². The first-order chi connectivity index (χ1) is 11.4. The summed E-state index contributed by atoms with van der Waals surface area (Å²) in [6.45, 7) is 6.09. The van der Waals surface area contributed by atoms with Crippen LogP contribution in [0.3, 0.4) is 0 Å². The SMILES string of the molecule is Cc1ccccc1S(=O)(=O)N1CCN(c2cccc(Cl)c2C)CC1. The molecular formula is C18H21ClN2O2S. The average molecular weight is 365 g/mol. The van der Waals surface area contributed by atoms with Gasteiger partial charge in [-0.1, -0.05) is 35.9 Å². The third kappa shape index (κ3) is 3.16. The van der Waals surface area contributed by atoms with Crippen LogP contribution in [0.15, 0.2) is 47.4 Å². The molecule has 0 aromatic heterocycles. The van der Waals surface area contributed by atoms with Gasteiger partial charge in [-0.2, -0.15) is 4.31 Å². The van der Waals surface area contributed by atoms with Gasteiger partial charge in [0, 0.05) is 36.9 Å². The highest BCUT2D eigenvalue weighted by Crippen LogP contribution is 2.28. The number of halogens is 1.